The summed E-state index contributed by atoms with van der Waals surface area (Å²) in [6.45, 7) is 5.10. The predicted octanol–water partition coefficient (Wildman–Crippen LogP) is 4.32. The van der Waals surface area contributed by atoms with E-state index in [9.17, 15) is 8.78 Å². The van der Waals surface area contributed by atoms with Gasteiger partial charge in [0.15, 0.2) is 11.6 Å². The molecule has 1 fully saturated rings. The van der Waals surface area contributed by atoms with Gasteiger partial charge in [0.1, 0.15) is 17.6 Å². The van der Waals surface area contributed by atoms with Gasteiger partial charge < -0.3 is 19.5 Å². The minimum absolute atomic E-state index is 0.0501. The van der Waals surface area contributed by atoms with Gasteiger partial charge in [-0.3, -0.25) is 0 Å². The maximum absolute atomic E-state index is 13.2. The molecule has 9 nitrogen and oxygen atoms in total. The third kappa shape index (κ3) is 4.20. The minimum Gasteiger partial charge on any atom is -0.433 e. The van der Waals surface area contributed by atoms with E-state index in [1.807, 2.05) is 13.0 Å². The summed E-state index contributed by atoms with van der Waals surface area (Å²) < 4.78 is 32.8. The second kappa shape index (κ2) is 8.15. The largest absolute Gasteiger partial charge is 0.433 e. The lowest BCUT2D eigenvalue weighted by molar-refractivity contribution is -0.0493. The van der Waals surface area contributed by atoms with Crippen LogP contribution in [0, 0.1) is 12.3 Å². The van der Waals surface area contributed by atoms with Gasteiger partial charge in [0, 0.05) is 43.0 Å². The van der Waals surface area contributed by atoms with E-state index in [2.05, 4.69) is 44.2 Å². The number of aromatic nitrogens is 6. The number of alkyl halides is 2. The van der Waals surface area contributed by atoms with Gasteiger partial charge in [0.25, 0.3) is 0 Å². The fourth-order valence-corrected chi connectivity index (χ4v) is 4.19. The average molecular weight is 466 g/mol. The highest BCUT2D eigenvalue weighted by molar-refractivity contribution is 5.90. The van der Waals surface area contributed by atoms with Crippen LogP contribution in [0.15, 0.2) is 36.8 Å². The molecule has 11 heteroatoms. The first-order valence-corrected chi connectivity index (χ1v) is 10.8. The number of aryl methyl sites for hydroxylation is 2. The molecule has 1 N–H and O–H groups in total. The summed E-state index contributed by atoms with van der Waals surface area (Å²) in [5, 5.41) is 11.7. The molecule has 34 heavy (non-hydrogen) atoms. The Morgan fingerprint density at radius 3 is 2.62 bits per heavy atom. The van der Waals surface area contributed by atoms with Crippen LogP contribution in [-0.4, -0.2) is 49.4 Å². The van der Waals surface area contributed by atoms with Crippen LogP contribution in [0.4, 0.5) is 26.2 Å². The van der Waals surface area contributed by atoms with E-state index in [0.29, 0.717) is 22.6 Å². The van der Waals surface area contributed by atoms with Crippen LogP contribution < -0.4 is 15.0 Å². The first-order valence-electron chi connectivity index (χ1n) is 10.8. The SMILES string of the molecule is Cc1cc2cnc(Nc3ccc(-c4nncn4C)cc3OC(F)F)nc2c(N2CC(C)(C)C2)n1. The van der Waals surface area contributed by atoms with Crippen molar-refractivity contribution in [3.05, 3.63) is 42.5 Å². The van der Waals surface area contributed by atoms with Crippen LogP contribution in [-0.2, 0) is 7.05 Å². The summed E-state index contributed by atoms with van der Waals surface area (Å²) in [6.07, 6.45) is 3.24. The van der Waals surface area contributed by atoms with Crippen molar-refractivity contribution in [2.24, 2.45) is 12.5 Å². The Morgan fingerprint density at radius 2 is 1.94 bits per heavy atom. The summed E-state index contributed by atoms with van der Waals surface area (Å²) in [5.74, 6) is 1.52. The number of hydrogen-bond acceptors (Lipinski definition) is 8. The highest BCUT2D eigenvalue weighted by Gasteiger charge is 2.36. The summed E-state index contributed by atoms with van der Waals surface area (Å²) in [4.78, 5) is 16.0. The Bertz CT molecular complexity index is 1360. The second-order valence-electron chi connectivity index (χ2n) is 9.22. The normalized spacial score (nSPS) is 15.0. The lowest BCUT2D eigenvalue weighted by atomic mass is 9.84. The standard InChI is InChI=1S/C23H24F2N8O/c1-13-7-15-9-26-22(30-18(15)20(28-13)33-10-23(2,3)11-33)29-16-6-5-14(8-17(16)34-21(24)25)19-31-27-12-32(19)4/h5-9,12,21H,10-11H2,1-4H3,(H,26,29,30). The molecule has 3 aromatic heterocycles. The molecule has 0 atom stereocenters. The molecule has 0 aliphatic carbocycles. The fraction of sp³-hybridized carbons (Fsp3) is 0.348. The van der Waals surface area contributed by atoms with E-state index >= 15 is 0 Å². The van der Waals surface area contributed by atoms with Crippen LogP contribution in [0.1, 0.15) is 19.5 Å². The Kier molecular flexibility index (Phi) is 5.26. The van der Waals surface area contributed by atoms with Crippen LogP contribution in [0.25, 0.3) is 22.3 Å². The summed E-state index contributed by atoms with van der Waals surface area (Å²) in [6, 6.07) is 6.78. The maximum atomic E-state index is 13.2. The number of fused-ring (bicyclic) bond motifs is 1. The molecule has 0 saturated carbocycles. The number of nitrogens with one attached hydrogen (secondary N) is 1. The van der Waals surface area contributed by atoms with Gasteiger partial charge in [0.2, 0.25) is 5.95 Å². The van der Waals surface area contributed by atoms with Gasteiger partial charge in [-0.25, -0.2) is 15.0 Å². The molecular formula is C23H24F2N8O. The van der Waals surface area contributed by atoms with E-state index in [1.165, 1.54) is 12.4 Å². The predicted molar refractivity (Wildman–Crippen MR) is 124 cm³/mol. The van der Waals surface area contributed by atoms with E-state index in [1.54, 1.807) is 29.9 Å². The van der Waals surface area contributed by atoms with Gasteiger partial charge in [-0.05, 0) is 36.6 Å². The van der Waals surface area contributed by atoms with Crippen molar-refractivity contribution < 1.29 is 13.5 Å². The molecule has 1 saturated heterocycles. The van der Waals surface area contributed by atoms with Gasteiger partial charge in [-0.2, -0.15) is 8.78 Å². The van der Waals surface area contributed by atoms with Gasteiger partial charge >= 0.3 is 6.61 Å². The second-order valence-corrected chi connectivity index (χ2v) is 9.22. The first-order chi connectivity index (χ1) is 16.2. The lowest BCUT2D eigenvalue weighted by Gasteiger charge is -2.46. The number of nitrogens with zero attached hydrogens (tertiary/aromatic N) is 7. The van der Waals surface area contributed by atoms with Crippen LogP contribution in [0.2, 0.25) is 0 Å². The minimum atomic E-state index is -3.00. The molecule has 4 aromatic rings. The van der Waals surface area contributed by atoms with Crippen molar-refractivity contribution in [1.82, 2.24) is 29.7 Å². The molecule has 176 valence electrons. The Hall–Kier alpha value is -3.89. The molecular weight excluding hydrogens is 442 g/mol. The highest BCUT2D eigenvalue weighted by atomic mass is 19.3. The first kappa shape index (κ1) is 21.9. The van der Waals surface area contributed by atoms with Crippen molar-refractivity contribution in [1.29, 1.82) is 0 Å². The fourth-order valence-electron chi connectivity index (χ4n) is 4.19. The Labute approximate surface area is 194 Å². The van der Waals surface area contributed by atoms with Crippen LogP contribution >= 0.6 is 0 Å². The number of anilines is 3. The van der Waals surface area contributed by atoms with Gasteiger partial charge in [0.05, 0.1) is 5.69 Å². The molecule has 0 bridgehead atoms. The van der Waals surface area contributed by atoms with Gasteiger partial charge in [-0.1, -0.05) is 13.8 Å². The number of benzene rings is 1. The van der Waals surface area contributed by atoms with Crippen molar-refractivity contribution in [3.8, 4) is 17.1 Å². The molecule has 1 aliphatic heterocycles. The average Bonchev–Trinajstić information content (AvgIpc) is 3.18. The molecule has 4 heterocycles. The number of halogens is 2. The summed E-state index contributed by atoms with van der Waals surface area (Å²) >= 11 is 0. The third-order valence-corrected chi connectivity index (χ3v) is 5.63. The molecule has 0 unspecified atom stereocenters. The van der Waals surface area contributed by atoms with E-state index < -0.39 is 6.61 Å². The van der Waals surface area contributed by atoms with E-state index in [0.717, 1.165) is 30.0 Å². The maximum Gasteiger partial charge on any atom is 0.387 e. The lowest BCUT2D eigenvalue weighted by Crippen LogP contribution is -2.53. The van der Waals surface area contributed by atoms with Crippen LogP contribution in [0.5, 0.6) is 5.75 Å². The number of pyridine rings is 1. The molecule has 1 aliphatic rings. The number of hydrogen-bond donors (Lipinski definition) is 1. The summed E-state index contributed by atoms with van der Waals surface area (Å²) in [5.41, 5.74) is 2.69. The zero-order valence-corrected chi connectivity index (χ0v) is 19.3. The van der Waals surface area contributed by atoms with E-state index in [-0.39, 0.29) is 17.1 Å². The van der Waals surface area contributed by atoms with Crippen LogP contribution in [0.3, 0.4) is 0 Å². The van der Waals surface area contributed by atoms with Crippen molar-refractivity contribution in [2.45, 2.75) is 27.4 Å². The Morgan fingerprint density at radius 1 is 1.15 bits per heavy atom. The highest BCUT2D eigenvalue weighted by Crippen LogP contribution is 2.37. The van der Waals surface area contributed by atoms with Gasteiger partial charge in [-0.15, -0.1) is 10.2 Å². The molecule has 0 spiro atoms. The molecule has 0 amide bonds. The quantitative estimate of drug-likeness (QED) is 0.449. The van der Waals surface area contributed by atoms with E-state index in [4.69, 9.17) is 9.72 Å². The number of ether oxygens (including phenoxy) is 1. The topological polar surface area (TPSA) is 93.9 Å². The van der Waals surface area contributed by atoms with Crippen molar-refractivity contribution >= 4 is 28.4 Å². The van der Waals surface area contributed by atoms with Crippen molar-refractivity contribution in [3.63, 3.8) is 0 Å². The summed E-state index contributed by atoms with van der Waals surface area (Å²) in [7, 11) is 1.77. The molecule has 5 rings (SSSR count). The smallest absolute Gasteiger partial charge is 0.387 e. The zero-order valence-electron chi connectivity index (χ0n) is 19.3. The number of rotatable bonds is 6. The molecule has 1 aromatic carbocycles. The van der Waals surface area contributed by atoms with Crippen molar-refractivity contribution in [2.75, 3.05) is 23.3 Å². The zero-order chi connectivity index (χ0) is 24.0. The Balaban J connectivity index is 1.51. The third-order valence-electron chi connectivity index (χ3n) is 5.63. The monoisotopic (exact) mass is 466 g/mol. The molecule has 0 radical (unpaired) electrons.